The fourth-order valence-electron chi connectivity index (χ4n) is 3.93. The van der Waals surface area contributed by atoms with Gasteiger partial charge in [0.1, 0.15) is 0 Å². The van der Waals surface area contributed by atoms with Crippen LogP contribution in [0.15, 0.2) is 54.6 Å². The zero-order chi connectivity index (χ0) is 14.2. The third-order valence-electron chi connectivity index (χ3n) is 5.07. The molecular weight excluding hydrogens is 254 g/mol. The molecule has 1 aliphatic rings. The minimum absolute atomic E-state index is 0.169. The maximum atomic E-state index is 6.66. The van der Waals surface area contributed by atoms with Crippen LogP contribution in [0.4, 0.5) is 0 Å². The van der Waals surface area contributed by atoms with Gasteiger partial charge in [-0.15, -0.1) is 0 Å². The summed E-state index contributed by atoms with van der Waals surface area (Å²) in [4.78, 5) is 0. The molecule has 0 saturated heterocycles. The quantitative estimate of drug-likeness (QED) is 0.640. The molecule has 4 rings (SSSR count). The van der Waals surface area contributed by atoms with Crippen molar-refractivity contribution in [3.05, 3.63) is 60.2 Å². The highest BCUT2D eigenvalue weighted by Crippen LogP contribution is 2.38. The second kappa shape index (κ2) is 5.16. The van der Waals surface area contributed by atoms with Gasteiger partial charge in [-0.1, -0.05) is 61.4 Å². The van der Waals surface area contributed by atoms with Crippen LogP contribution in [0.2, 0.25) is 0 Å². The molecule has 0 radical (unpaired) electrons. The maximum absolute atomic E-state index is 6.66. The second-order valence-corrected chi connectivity index (χ2v) is 6.30. The van der Waals surface area contributed by atoms with Crippen LogP contribution < -0.4 is 5.73 Å². The zero-order valence-electron chi connectivity index (χ0n) is 12.3. The van der Waals surface area contributed by atoms with Crippen molar-refractivity contribution < 1.29 is 0 Å². The number of hydrogen-bond donors (Lipinski definition) is 1. The molecule has 0 heterocycles. The van der Waals surface area contributed by atoms with Crippen LogP contribution in [-0.4, -0.2) is 0 Å². The summed E-state index contributed by atoms with van der Waals surface area (Å²) in [6, 6.07) is 19.8. The van der Waals surface area contributed by atoms with Gasteiger partial charge in [0.25, 0.3) is 0 Å². The Morgan fingerprint density at radius 1 is 0.810 bits per heavy atom. The van der Waals surface area contributed by atoms with Crippen LogP contribution >= 0.6 is 0 Å². The van der Waals surface area contributed by atoms with Crippen molar-refractivity contribution in [2.75, 3.05) is 0 Å². The van der Waals surface area contributed by atoms with Gasteiger partial charge < -0.3 is 5.73 Å². The molecule has 1 fully saturated rings. The number of benzene rings is 3. The summed E-state index contributed by atoms with van der Waals surface area (Å²) >= 11 is 0. The Labute approximate surface area is 125 Å². The summed E-state index contributed by atoms with van der Waals surface area (Å²) in [5.74, 6) is 0.648. The predicted octanol–water partition coefficient (Wildman–Crippen LogP) is 5.18. The topological polar surface area (TPSA) is 26.0 Å². The van der Waals surface area contributed by atoms with Crippen molar-refractivity contribution in [3.8, 4) is 0 Å². The van der Waals surface area contributed by atoms with Crippen LogP contribution in [0.1, 0.15) is 37.3 Å². The Bertz CT molecular complexity index is 784. The first-order chi connectivity index (χ1) is 10.3. The molecule has 1 heteroatoms. The Morgan fingerprint density at radius 2 is 1.43 bits per heavy atom. The van der Waals surface area contributed by atoms with E-state index < -0.39 is 0 Å². The Hall–Kier alpha value is -1.86. The Morgan fingerprint density at radius 3 is 2.19 bits per heavy atom. The van der Waals surface area contributed by atoms with Crippen molar-refractivity contribution in [2.45, 2.75) is 31.7 Å². The highest BCUT2D eigenvalue weighted by molar-refractivity contribution is 6.09. The molecule has 0 bridgehead atoms. The first kappa shape index (κ1) is 12.8. The molecule has 0 unspecified atom stereocenters. The minimum Gasteiger partial charge on any atom is -0.324 e. The van der Waals surface area contributed by atoms with Gasteiger partial charge in [-0.2, -0.15) is 0 Å². The van der Waals surface area contributed by atoms with Gasteiger partial charge >= 0.3 is 0 Å². The molecule has 0 spiro atoms. The lowest BCUT2D eigenvalue weighted by molar-refractivity contribution is 0.447. The normalized spacial score (nSPS) is 17.6. The maximum Gasteiger partial charge on any atom is 0.0329 e. The van der Waals surface area contributed by atoms with Crippen LogP contribution in [-0.2, 0) is 0 Å². The molecule has 106 valence electrons. The molecule has 1 nitrogen and oxygen atoms in total. The van der Waals surface area contributed by atoms with Crippen LogP contribution in [0.5, 0.6) is 0 Å². The van der Waals surface area contributed by atoms with Gasteiger partial charge in [0.15, 0.2) is 0 Å². The van der Waals surface area contributed by atoms with E-state index in [-0.39, 0.29) is 6.04 Å². The lowest BCUT2D eigenvalue weighted by atomic mass is 9.87. The van der Waals surface area contributed by atoms with Crippen molar-refractivity contribution >= 4 is 21.5 Å². The number of nitrogens with two attached hydrogens (primary N) is 1. The summed E-state index contributed by atoms with van der Waals surface area (Å²) < 4.78 is 0. The lowest BCUT2D eigenvalue weighted by Crippen LogP contribution is -2.19. The minimum atomic E-state index is 0.169. The Kier molecular flexibility index (Phi) is 3.16. The van der Waals surface area contributed by atoms with E-state index in [0.29, 0.717) is 5.92 Å². The monoisotopic (exact) mass is 275 g/mol. The predicted molar refractivity (Wildman–Crippen MR) is 90.3 cm³/mol. The molecule has 0 aliphatic heterocycles. The van der Waals surface area contributed by atoms with Gasteiger partial charge in [0, 0.05) is 6.04 Å². The fraction of sp³-hybridized carbons (Fsp3) is 0.300. The second-order valence-electron chi connectivity index (χ2n) is 6.30. The number of hydrogen-bond acceptors (Lipinski definition) is 1. The van der Waals surface area contributed by atoms with Crippen molar-refractivity contribution in [1.29, 1.82) is 0 Å². The van der Waals surface area contributed by atoms with E-state index in [9.17, 15) is 0 Å². The van der Waals surface area contributed by atoms with E-state index in [4.69, 9.17) is 5.73 Å². The van der Waals surface area contributed by atoms with Crippen molar-refractivity contribution in [2.24, 2.45) is 11.7 Å². The lowest BCUT2D eigenvalue weighted by Gasteiger charge is -2.22. The highest BCUT2D eigenvalue weighted by Gasteiger charge is 2.24. The summed E-state index contributed by atoms with van der Waals surface area (Å²) in [6.07, 6.45) is 5.23. The van der Waals surface area contributed by atoms with E-state index in [1.807, 2.05) is 0 Å². The van der Waals surface area contributed by atoms with Gasteiger partial charge in [0.05, 0.1) is 0 Å². The first-order valence-corrected chi connectivity index (χ1v) is 8.00. The zero-order valence-corrected chi connectivity index (χ0v) is 12.3. The van der Waals surface area contributed by atoms with Crippen molar-refractivity contribution in [3.63, 3.8) is 0 Å². The first-order valence-electron chi connectivity index (χ1n) is 8.00. The van der Waals surface area contributed by atoms with Gasteiger partial charge in [0.2, 0.25) is 0 Å². The number of fused-ring (bicyclic) bond motifs is 3. The van der Waals surface area contributed by atoms with Crippen LogP contribution in [0.3, 0.4) is 0 Å². The third kappa shape index (κ3) is 2.13. The van der Waals surface area contributed by atoms with E-state index in [1.165, 1.54) is 52.8 Å². The smallest absolute Gasteiger partial charge is 0.0329 e. The SMILES string of the molecule is N[C@H](c1cc2ccccc2c2ccccc12)C1CCCC1. The highest BCUT2D eigenvalue weighted by atomic mass is 14.7. The van der Waals surface area contributed by atoms with Crippen LogP contribution in [0, 0.1) is 5.92 Å². The molecule has 3 aromatic carbocycles. The van der Waals surface area contributed by atoms with Gasteiger partial charge in [-0.05, 0) is 51.9 Å². The van der Waals surface area contributed by atoms with Gasteiger partial charge in [-0.3, -0.25) is 0 Å². The molecule has 0 aromatic heterocycles. The van der Waals surface area contributed by atoms with Gasteiger partial charge in [-0.25, -0.2) is 0 Å². The summed E-state index contributed by atoms with van der Waals surface area (Å²) in [6.45, 7) is 0. The molecular formula is C20H21N. The average Bonchev–Trinajstić information content (AvgIpc) is 3.08. The molecule has 21 heavy (non-hydrogen) atoms. The molecule has 1 saturated carbocycles. The molecule has 3 aromatic rings. The molecule has 0 amide bonds. The van der Waals surface area contributed by atoms with E-state index in [2.05, 4.69) is 54.6 Å². The van der Waals surface area contributed by atoms with E-state index >= 15 is 0 Å². The standard InChI is InChI=1S/C20H21N/c21-20(14-7-1-2-8-14)19-13-15-9-3-4-10-16(15)17-11-5-6-12-18(17)19/h3-6,9-14,20H,1-2,7-8,21H2/t20-/m0/s1. The average molecular weight is 275 g/mol. The fourth-order valence-corrected chi connectivity index (χ4v) is 3.93. The van der Waals surface area contributed by atoms with Crippen molar-refractivity contribution in [1.82, 2.24) is 0 Å². The molecule has 1 aliphatic carbocycles. The van der Waals surface area contributed by atoms with E-state index in [0.717, 1.165) is 0 Å². The number of rotatable bonds is 2. The Balaban J connectivity index is 1.97. The molecule has 1 atom stereocenters. The summed E-state index contributed by atoms with van der Waals surface area (Å²) in [5, 5.41) is 5.30. The summed E-state index contributed by atoms with van der Waals surface area (Å²) in [7, 11) is 0. The largest absolute Gasteiger partial charge is 0.324 e. The molecule has 2 N–H and O–H groups in total. The van der Waals surface area contributed by atoms with E-state index in [1.54, 1.807) is 0 Å². The van der Waals surface area contributed by atoms with Crippen LogP contribution in [0.25, 0.3) is 21.5 Å². The summed E-state index contributed by atoms with van der Waals surface area (Å²) in [5.41, 5.74) is 7.99. The third-order valence-corrected chi connectivity index (χ3v) is 5.07.